The van der Waals surface area contributed by atoms with Crippen molar-refractivity contribution in [3.63, 3.8) is 0 Å². The second-order valence-electron chi connectivity index (χ2n) is 4.44. The van der Waals surface area contributed by atoms with Crippen molar-refractivity contribution >= 4 is 17.2 Å². The van der Waals surface area contributed by atoms with Crippen molar-refractivity contribution in [2.75, 3.05) is 0 Å². The summed E-state index contributed by atoms with van der Waals surface area (Å²) in [6.07, 6.45) is 0.895. The summed E-state index contributed by atoms with van der Waals surface area (Å²) in [6.45, 7) is 0.311. The molecule has 0 spiro atoms. The Morgan fingerprint density at radius 2 is 2.15 bits per heavy atom. The number of nitrogens with two attached hydrogens (primary N) is 1. The van der Waals surface area contributed by atoms with E-state index in [9.17, 15) is 9.90 Å². The van der Waals surface area contributed by atoms with E-state index in [1.54, 1.807) is 6.20 Å². The summed E-state index contributed by atoms with van der Waals surface area (Å²) in [6, 6.07) is 8.91. The summed E-state index contributed by atoms with van der Waals surface area (Å²) in [7, 11) is 0. The maximum Gasteiger partial charge on any atom is 0.250 e. The van der Waals surface area contributed by atoms with Crippen LogP contribution in [-0.4, -0.2) is 28.1 Å². The van der Waals surface area contributed by atoms with Gasteiger partial charge in [-0.15, -0.1) is 11.3 Å². The van der Waals surface area contributed by atoms with Gasteiger partial charge in [0.1, 0.15) is 11.1 Å². The van der Waals surface area contributed by atoms with Crippen molar-refractivity contribution in [2.24, 2.45) is 5.73 Å². The van der Waals surface area contributed by atoms with Crippen LogP contribution in [0.3, 0.4) is 0 Å². The van der Waals surface area contributed by atoms with E-state index in [0.717, 1.165) is 10.6 Å². The monoisotopic (exact) mass is 291 g/mol. The molecule has 0 aliphatic rings. The van der Waals surface area contributed by atoms with Gasteiger partial charge in [0.05, 0.1) is 6.54 Å². The second-order valence-corrected chi connectivity index (χ2v) is 5.42. The summed E-state index contributed by atoms with van der Waals surface area (Å²) in [5.41, 5.74) is 6.87. The van der Waals surface area contributed by atoms with Crippen LogP contribution >= 0.6 is 11.3 Å². The highest BCUT2D eigenvalue weighted by Gasteiger charge is 2.22. The molecule has 2 aromatic rings. The van der Waals surface area contributed by atoms with Crippen molar-refractivity contribution < 1.29 is 9.90 Å². The fourth-order valence-electron chi connectivity index (χ4n) is 1.80. The first-order chi connectivity index (χ1) is 9.66. The molecule has 2 atom stereocenters. The van der Waals surface area contributed by atoms with Crippen LogP contribution in [0.15, 0.2) is 41.9 Å². The molecule has 0 unspecified atom stereocenters. The second kappa shape index (κ2) is 7.14. The predicted octanol–water partition coefficient (Wildman–Crippen LogP) is 0.690. The average molecular weight is 291 g/mol. The number of amides is 1. The van der Waals surface area contributed by atoms with Gasteiger partial charge in [-0.25, -0.2) is 4.98 Å². The normalized spacial score (nSPS) is 13.7. The fourth-order valence-corrected chi connectivity index (χ4v) is 2.36. The van der Waals surface area contributed by atoms with Crippen LogP contribution in [0, 0.1) is 0 Å². The molecule has 1 aromatic carbocycles. The summed E-state index contributed by atoms with van der Waals surface area (Å²) < 4.78 is 0. The molecule has 0 aliphatic heterocycles. The van der Waals surface area contributed by atoms with E-state index < -0.39 is 18.1 Å². The third kappa shape index (κ3) is 4.12. The third-order valence-electron chi connectivity index (χ3n) is 2.89. The number of hydrogen-bond acceptors (Lipinski definition) is 5. The molecule has 1 aromatic heterocycles. The van der Waals surface area contributed by atoms with Crippen LogP contribution in [0.25, 0.3) is 0 Å². The van der Waals surface area contributed by atoms with E-state index in [4.69, 9.17) is 5.73 Å². The number of nitrogens with zero attached hydrogens (tertiary/aromatic N) is 1. The van der Waals surface area contributed by atoms with Gasteiger partial charge in [-0.2, -0.15) is 0 Å². The largest absolute Gasteiger partial charge is 0.382 e. The third-order valence-corrected chi connectivity index (χ3v) is 3.67. The summed E-state index contributed by atoms with van der Waals surface area (Å²) in [5, 5.41) is 15.2. The van der Waals surface area contributed by atoms with Gasteiger partial charge in [0, 0.05) is 17.6 Å². The molecule has 0 saturated carbocycles. The molecule has 0 fully saturated rings. The molecule has 106 valence electrons. The molecule has 0 radical (unpaired) electrons. The van der Waals surface area contributed by atoms with Crippen molar-refractivity contribution in [1.82, 2.24) is 10.3 Å². The summed E-state index contributed by atoms with van der Waals surface area (Å²) in [5.74, 6) is -0.469. The van der Waals surface area contributed by atoms with Crippen molar-refractivity contribution in [3.05, 3.63) is 52.5 Å². The van der Waals surface area contributed by atoms with Crippen LogP contribution < -0.4 is 11.1 Å². The van der Waals surface area contributed by atoms with Crippen LogP contribution in [0.5, 0.6) is 0 Å². The first-order valence-electron chi connectivity index (χ1n) is 6.30. The Bertz CT molecular complexity index is 531. The molecule has 0 aliphatic carbocycles. The minimum atomic E-state index is -1.23. The molecule has 0 saturated heterocycles. The molecular weight excluding hydrogens is 274 g/mol. The lowest BCUT2D eigenvalue weighted by Gasteiger charge is -2.18. The van der Waals surface area contributed by atoms with Crippen molar-refractivity contribution in [3.8, 4) is 0 Å². The van der Waals surface area contributed by atoms with Crippen molar-refractivity contribution in [1.29, 1.82) is 0 Å². The quantitative estimate of drug-likeness (QED) is 0.730. The van der Waals surface area contributed by atoms with E-state index in [1.165, 1.54) is 11.3 Å². The first-order valence-corrected chi connectivity index (χ1v) is 7.18. The van der Waals surface area contributed by atoms with Gasteiger partial charge >= 0.3 is 0 Å². The summed E-state index contributed by atoms with van der Waals surface area (Å²) >= 11 is 1.45. The highest BCUT2D eigenvalue weighted by atomic mass is 32.1. The van der Waals surface area contributed by atoms with Crippen LogP contribution in [-0.2, 0) is 17.8 Å². The number of aromatic nitrogens is 1. The van der Waals surface area contributed by atoms with E-state index in [0.29, 0.717) is 13.0 Å². The van der Waals surface area contributed by atoms with Gasteiger partial charge in [0.15, 0.2) is 0 Å². The molecule has 5 nitrogen and oxygen atoms in total. The first kappa shape index (κ1) is 14.6. The number of benzene rings is 1. The number of rotatable bonds is 6. The van der Waals surface area contributed by atoms with Gasteiger partial charge in [0.25, 0.3) is 5.91 Å². The number of carbonyl (C=O) groups excluding carboxylic acids is 1. The Hall–Kier alpha value is -1.76. The standard InChI is InChI=1S/C14H17N3O2S/c15-11(8-10-4-2-1-3-5-10)13(18)14(19)17-9-12-16-6-7-20-12/h1-7,11,13,18H,8-9,15H2,(H,17,19)/t11-,13+/m1/s1. The smallest absolute Gasteiger partial charge is 0.250 e. The Morgan fingerprint density at radius 3 is 2.80 bits per heavy atom. The molecule has 2 rings (SSSR count). The van der Waals surface area contributed by atoms with Gasteiger partial charge in [-0.3, -0.25) is 4.79 Å². The maximum absolute atomic E-state index is 11.8. The molecule has 1 amide bonds. The predicted molar refractivity (Wildman–Crippen MR) is 78.1 cm³/mol. The molecular formula is C14H17N3O2S. The average Bonchev–Trinajstić information content (AvgIpc) is 2.98. The lowest BCUT2D eigenvalue weighted by molar-refractivity contribution is -0.130. The van der Waals surface area contributed by atoms with Gasteiger partial charge in [0.2, 0.25) is 0 Å². The molecule has 0 bridgehead atoms. The zero-order valence-corrected chi connectivity index (χ0v) is 11.7. The topological polar surface area (TPSA) is 88.2 Å². The lowest BCUT2D eigenvalue weighted by atomic mass is 10.0. The number of aliphatic hydroxyl groups excluding tert-OH is 1. The number of thiazole rings is 1. The minimum Gasteiger partial charge on any atom is -0.382 e. The van der Waals surface area contributed by atoms with Gasteiger partial charge in [-0.1, -0.05) is 30.3 Å². The van der Waals surface area contributed by atoms with Crippen molar-refractivity contribution in [2.45, 2.75) is 25.1 Å². The van der Waals surface area contributed by atoms with E-state index in [2.05, 4.69) is 10.3 Å². The lowest BCUT2D eigenvalue weighted by Crippen LogP contribution is -2.47. The SMILES string of the molecule is N[C@H](Cc1ccccc1)[C@H](O)C(=O)NCc1nccs1. The molecule has 6 heteroatoms. The van der Waals surface area contributed by atoms with E-state index >= 15 is 0 Å². The zero-order chi connectivity index (χ0) is 14.4. The fraction of sp³-hybridized carbons (Fsp3) is 0.286. The minimum absolute atomic E-state index is 0.311. The maximum atomic E-state index is 11.8. The Labute approximate surface area is 121 Å². The Morgan fingerprint density at radius 1 is 1.40 bits per heavy atom. The molecule has 1 heterocycles. The number of nitrogens with one attached hydrogen (secondary N) is 1. The highest BCUT2D eigenvalue weighted by molar-refractivity contribution is 7.09. The number of carbonyl (C=O) groups is 1. The molecule has 20 heavy (non-hydrogen) atoms. The van der Waals surface area contributed by atoms with Crippen LogP contribution in [0.2, 0.25) is 0 Å². The highest BCUT2D eigenvalue weighted by Crippen LogP contribution is 2.06. The number of hydrogen-bond donors (Lipinski definition) is 3. The van der Waals surface area contributed by atoms with E-state index in [-0.39, 0.29) is 0 Å². The molecule has 4 N–H and O–H groups in total. The van der Waals surface area contributed by atoms with Crippen LogP contribution in [0.4, 0.5) is 0 Å². The Balaban J connectivity index is 1.83. The zero-order valence-electron chi connectivity index (χ0n) is 10.9. The summed E-state index contributed by atoms with van der Waals surface area (Å²) in [4.78, 5) is 15.9. The van der Waals surface area contributed by atoms with Gasteiger partial charge < -0.3 is 16.2 Å². The van der Waals surface area contributed by atoms with Crippen LogP contribution in [0.1, 0.15) is 10.6 Å². The van der Waals surface area contributed by atoms with E-state index in [1.807, 2.05) is 35.7 Å². The van der Waals surface area contributed by atoms with Gasteiger partial charge in [-0.05, 0) is 12.0 Å². The number of aliphatic hydroxyl groups is 1. The Kier molecular flexibility index (Phi) is 5.23.